The molecule has 1 aromatic heterocycles. The lowest BCUT2D eigenvalue weighted by atomic mass is 10.2. The second-order valence-electron chi connectivity index (χ2n) is 4.13. The van der Waals surface area contributed by atoms with Gasteiger partial charge in [0.15, 0.2) is 5.69 Å². The first-order valence-electron chi connectivity index (χ1n) is 5.50. The lowest BCUT2D eigenvalue weighted by Crippen LogP contribution is -2.15. The summed E-state index contributed by atoms with van der Waals surface area (Å²) in [5.74, 6) is 0. The highest BCUT2D eigenvalue weighted by Gasteiger charge is 2.33. The molecule has 0 unspecified atom stereocenters. The number of carbonyl (C=O) groups is 1. The van der Waals surface area contributed by atoms with Gasteiger partial charge in [-0.3, -0.25) is 0 Å². The fourth-order valence-corrected chi connectivity index (χ4v) is 1.97. The molecule has 0 aliphatic carbocycles. The van der Waals surface area contributed by atoms with E-state index in [1.54, 1.807) is 24.5 Å². The fraction of sp³-hybridized carbons (Fsp3) is 0.0769. The van der Waals surface area contributed by atoms with Gasteiger partial charge in [-0.15, -0.1) is 0 Å². The molecule has 0 radical (unpaired) electrons. The Morgan fingerprint density at radius 3 is 2.32 bits per heavy atom. The van der Waals surface area contributed by atoms with Crippen molar-refractivity contribution in [3.05, 3.63) is 53.9 Å². The van der Waals surface area contributed by atoms with Crippen molar-refractivity contribution in [2.45, 2.75) is 6.18 Å². The Kier molecular flexibility index (Phi) is 2.35. The molecule has 3 rings (SSSR count). The van der Waals surface area contributed by atoms with Gasteiger partial charge in [-0.25, -0.2) is 0 Å². The lowest BCUT2D eigenvalue weighted by Gasteiger charge is -2.06. The molecule has 2 aromatic rings. The summed E-state index contributed by atoms with van der Waals surface area (Å²) in [5.41, 5.74) is 0.370. The molecule has 0 fully saturated rings. The molecule has 3 nitrogen and oxygen atoms in total. The van der Waals surface area contributed by atoms with Crippen LogP contribution in [0.25, 0.3) is 0 Å². The van der Waals surface area contributed by atoms with Crippen LogP contribution in [0.5, 0.6) is 0 Å². The maximum Gasteiger partial charge on any atom is 0.508 e. The van der Waals surface area contributed by atoms with Crippen LogP contribution >= 0.6 is 0 Å². The van der Waals surface area contributed by atoms with Gasteiger partial charge in [0.05, 0.1) is 5.56 Å². The molecule has 0 spiro atoms. The molecule has 19 heavy (non-hydrogen) atoms. The van der Waals surface area contributed by atoms with Crippen molar-refractivity contribution >= 4 is 17.9 Å². The van der Waals surface area contributed by atoms with Crippen LogP contribution < -0.4 is 0 Å². The number of carbonyl (C=O) groups excluding carboxylic acids is 1. The maximum atomic E-state index is 12.4. The van der Waals surface area contributed by atoms with Gasteiger partial charge in [-0.1, -0.05) is 0 Å². The second-order valence-corrected chi connectivity index (χ2v) is 4.13. The minimum Gasteiger partial charge on any atom is -0.196 e. The smallest absolute Gasteiger partial charge is 0.196 e. The SMILES string of the molecule is O=C1n2cccc2C=[N+]1c1ccc(C(F)(F)F)cc1. The van der Waals surface area contributed by atoms with E-state index in [1.165, 1.54) is 21.3 Å². The molecular formula is C13H8F3N2O+. The number of benzene rings is 1. The van der Waals surface area contributed by atoms with Gasteiger partial charge >= 0.3 is 12.2 Å². The molecule has 1 amide bonds. The third-order valence-electron chi connectivity index (χ3n) is 2.93. The van der Waals surface area contributed by atoms with Gasteiger partial charge in [0, 0.05) is 0 Å². The third-order valence-corrected chi connectivity index (χ3v) is 2.93. The predicted molar refractivity (Wildman–Crippen MR) is 61.8 cm³/mol. The topological polar surface area (TPSA) is 25.0 Å². The van der Waals surface area contributed by atoms with E-state index in [1.807, 2.05) is 0 Å². The molecule has 1 aliphatic rings. The van der Waals surface area contributed by atoms with E-state index in [9.17, 15) is 18.0 Å². The molecule has 1 aromatic carbocycles. The summed E-state index contributed by atoms with van der Waals surface area (Å²) >= 11 is 0. The summed E-state index contributed by atoms with van der Waals surface area (Å²) in [4.78, 5) is 12.0. The Morgan fingerprint density at radius 1 is 1.05 bits per heavy atom. The van der Waals surface area contributed by atoms with Crippen molar-refractivity contribution in [1.82, 2.24) is 4.57 Å². The summed E-state index contributed by atoms with van der Waals surface area (Å²) < 4.78 is 40.1. The number of hydrogen-bond acceptors (Lipinski definition) is 1. The van der Waals surface area contributed by atoms with Gasteiger partial charge in [0.25, 0.3) is 0 Å². The highest BCUT2D eigenvalue weighted by Crippen LogP contribution is 2.30. The Labute approximate surface area is 106 Å². The van der Waals surface area contributed by atoms with Crippen molar-refractivity contribution in [2.24, 2.45) is 0 Å². The number of nitrogens with zero attached hydrogens (tertiary/aromatic N) is 2. The molecule has 0 saturated heterocycles. The van der Waals surface area contributed by atoms with E-state index in [0.29, 0.717) is 11.4 Å². The lowest BCUT2D eigenvalue weighted by molar-refractivity contribution is -0.321. The fourth-order valence-electron chi connectivity index (χ4n) is 1.97. The molecule has 96 valence electrons. The maximum absolute atomic E-state index is 12.4. The number of alkyl halides is 3. The predicted octanol–water partition coefficient (Wildman–Crippen LogP) is 3.25. The van der Waals surface area contributed by atoms with Crippen molar-refractivity contribution in [2.75, 3.05) is 0 Å². The van der Waals surface area contributed by atoms with Crippen LogP contribution in [-0.2, 0) is 6.18 Å². The quantitative estimate of drug-likeness (QED) is 0.726. The van der Waals surface area contributed by atoms with Crippen molar-refractivity contribution < 1.29 is 22.5 Å². The minimum absolute atomic E-state index is 0.306. The zero-order valence-electron chi connectivity index (χ0n) is 9.56. The standard InChI is InChI=1S/C13H8F3N2O/c14-13(15,16)9-3-5-10(6-4-9)18-8-11-2-1-7-17(11)12(18)19/h1-8H/q+1. The van der Waals surface area contributed by atoms with Crippen LogP contribution in [0.1, 0.15) is 11.3 Å². The number of rotatable bonds is 1. The zero-order valence-corrected chi connectivity index (χ0v) is 9.56. The van der Waals surface area contributed by atoms with Crippen molar-refractivity contribution in [1.29, 1.82) is 0 Å². The van der Waals surface area contributed by atoms with Crippen molar-refractivity contribution in [3.8, 4) is 0 Å². The number of aromatic nitrogens is 1. The second kappa shape index (κ2) is 3.81. The summed E-state index contributed by atoms with van der Waals surface area (Å²) in [6.45, 7) is 0. The summed E-state index contributed by atoms with van der Waals surface area (Å²) in [6, 6.07) is 7.66. The van der Waals surface area contributed by atoms with Gasteiger partial charge in [-0.05, 0) is 36.4 Å². The Hall–Kier alpha value is -2.37. The van der Waals surface area contributed by atoms with Crippen LogP contribution in [0.3, 0.4) is 0 Å². The molecule has 6 heteroatoms. The van der Waals surface area contributed by atoms with Gasteiger partial charge < -0.3 is 0 Å². The molecule has 0 bridgehead atoms. The summed E-state index contributed by atoms with van der Waals surface area (Å²) in [5, 5.41) is 0. The average molecular weight is 265 g/mol. The zero-order chi connectivity index (χ0) is 13.6. The molecular weight excluding hydrogens is 257 g/mol. The van der Waals surface area contributed by atoms with Crippen LogP contribution in [0.2, 0.25) is 0 Å². The van der Waals surface area contributed by atoms with E-state index in [2.05, 4.69) is 0 Å². The first-order chi connectivity index (χ1) is 8.97. The number of hydrogen-bond donors (Lipinski definition) is 0. The summed E-state index contributed by atoms with van der Waals surface area (Å²) in [7, 11) is 0. The highest BCUT2D eigenvalue weighted by molar-refractivity contribution is 5.92. The van der Waals surface area contributed by atoms with E-state index in [4.69, 9.17) is 0 Å². The van der Waals surface area contributed by atoms with Crippen LogP contribution in [0.15, 0.2) is 42.6 Å². The monoisotopic (exact) mass is 265 g/mol. The highest BCUT2D eigenvalue weighted by atomic mass is 19.4. The van der Waals surface area contributed by atoms with Crippen LogP contribution in [-0.4, -0.2) is 21.4 Å². The molecule has 0 saturated carbocycles. The Balaban J connectivity index is 1.97. The van der Waals surface area contributed by atoms with Gasteiger partial charge in [0.2, 0.25) is 0 Å². The number of halogens is 3. The molecule has 0 atom stereocenters. The molecule has 2 heterocycles. The number of fused-ring (bicyclic) bond motifs is 1. The largest absolute Gasteiger partial charge is 0.508 e. The normalized spacial score (nSPS) is 14.5. The third kappa shape index (κ3) is 1.85. The molecule has 0 N–H and O–H groups in total. The van der Waals surface area contributed by atoms with E-state index >= 15 is 0 Å². The van der Waals surface area contributed by atoms with Crippen molar-refractivity contribution in [3.63, 3.8) is 0 Å². The first kappa shape index (κ1) is 11.7. The Bertz CT molecular complexity index is 681. The van der Waals surface area contributed by atoms with Crippen LogP contribution in [0.4, 0.5) is 23.7 Å². The Morgan fingerprint density at radius 2 is 1.74 bits per heavy atom. The summed E-state index contributed by atoms with van der Waals surface area (Å²) in [6.07, 6.45) is -1.17. The van der Waals surface area contributed by atoms with E-state index < -0.39 is 11.7 Å². The first-order valence-corrected chi connectivity index (χ1v) is 5.50. The van der Waals surface area contributed by atoms with Crippen LogP contribution in [0, 0.1) is 0 Å². The van der Waals surface area contributed by atoms with Gasteiger partial charge in [0.1, 0.15) is 18.1 Å². The minimum atomic E-state index is -4.37. The average Bonchev–Trinajstić information content (AvgIpc) is 2.92. The number of amides is 1. The molecule has 1 aliphatic heterocycles. The van der Waals surface area contributed by atoms with E-state index in [0.717, 1.165) is 12.1 Å². The van der Waals surface area contributed by atoms with Gasteiger partial charge in [-0.2, -0.15) is 27.1 Å². The van der Waals surface area contributed by atoms with E-state index in [-0.39, 0.29) is 6.03 Å².